The molecule has 0 fully saturated rings. The van der Waals surface area contributed by atoms with Crippen LogP contribution in [-0.2, 0) is 0 Å². The zero-order valence-corrected chi connectivity index (χ0v) is 13.8. The Balaban J connectivity index is 2.00. The van der Waals surface area contributed by atoms with Crippen LogP contribution in [0.3, 0.4) is 0 Å². The summed E-state index contributed by atoms with van der Waals surface area (Å²) in [5, 5.41) is 5.96. The van der Waals surface area contributed by atoms with Crippen LogP contribution in [0.2, 0.25) is 0 Å². The summed E-state index contributed by atoms with van der Waals surface area (Å²) >= 11 is 1.78. The molecule has 0 atom stereocenters. The predicted octanol–water partition coefficient (Wildman–Crippen LogP) is 6.68. The Kier molecular flexibility index (Phi) is 3.60. The molecule has 0 radical (unpaired) electrons. The van der Waals surface area contributed by atoms with Crippen LogP contribution >= 0.6 is 11.3 Å². The number of rotatable bonds is 3. The molecule has 0 saturated heterocycles. The molecule has 1 nitrogen and oxygen atoms in total. The fourth-order valence-electron chi connectivity index (χ4n) is 2.94. The Morgan fingerprint density at radius 3 is 2.26 bits per heavy atom. The van der Waals surface area contributed by atoms with Gasteiger partial charge in [0, 0.05) is 11.1 Å². The lowest BCUT2D eigenvalue weighted by Crippen LogP contribution is -2.09. The molecule has 0 unspecified atom stereocenters. The molecule has 2 heteroatoms. The van der Waals surface area contributed by atoms with E-state index in [2.05, 4.69) is 96.1 Å². The second-order valence-electron chi connectivity index (χ2n) is 5.58. The van der Waals surface area contributed by atoms with Crippen molar-refractivity contribution >= 4 is 38.5 Å². The van der Waals surface area contributed by atoms with E-state index in [1.54, 1.807) is 11.3 Å². The monoisotopic (exact) mass is 315 g/mol. The van der Waals surface area contributed by atoms with Crippen molar-refractivity contribution in [1.82, 2.24) is 0 Å². The number of aryl methyl sites for hydroxylation is 1. The summed E-state index contributed by atoms with van der Waals surface area (Å²) in [6.45, 7) is 2.17. The van der Waals surface area contributed by atoms with E-state index in [0.717, 1.165) is 0 Å². The first-order valence-electron chi connectivity index (χ1n) is 7.71. The van der Waals surface area contributed by atoms with Gasteiger partial charge in [0.1, 0.15) is 5.00 Å². The molecular weight excluding hydrogens is 298 g/mol. The highest BCUT2D eigenvalue weighted by Gasteiger charge is 2.17. The van der Waals surface area contributed by atoms with Crippen molar-refractivity contribution in [2.75, 3.05) is 4.90 Å². The van der Waals surface area contributed by atoms with Crippen LogP contribution in [0.25, 0.3) is 10.8 Å². The Hall–Kier alpha value is -2.58. The van der Waals surface area contributed by atoms with Crippen molar-refractivity contribution in [3.63, 3.8) is 0 Å². The van der Waals surface area contributed by atoms with Crippen LogP contribution in [0.4, 0.5) is 16.4 Å². The number of hydrogen-bond donors (Lipinski definition) is 0. The third-order valence-electron chi connectivity index (χ3n) is 4.06. The Morgan fingerprint density at radius 1 is 0.739 bits per heavy atom. The molecular formula is C21H17NS. The molecule has 112 valence electrons. The molecule has 4 aromatic rings. The number of para-hydroxylation sites is 1. The first kappa shape index (κ1) is 14.0. The molecule has 0 aliphatic rings. The largest absolute Gasteiger partial charge is 0.301 e. The van der Waals surface area contributed by atoms with E-state index in [-0.39, 0.29) is 0 Å². The molecule has 0 amide bonds. The number of thiophene rings is 1. The van der Waals surface area contributed by atoms with Gasteiger partial charge in [-0.2, -0.15) is 0 Å². The van der Waals surface area contributed by atoms with Crippen molar-refractivity contribution in [3.8, 4) is 0 Å². The van der Waals surface area contributed by atoms with E-state index >= 15 is 0 Å². The fourth-order valence-corrected chi connectivity index (χ4v) is 3.90. The molecule has 23 heavy (non-hydrogen) atoms. The predicted molar refractivity (Wildman–Crippen MR) is 101 cm³/mol. The fraction of sp³-hybridized carbons (Fsp3) is 0.0476. The summed E-state index contributed by atoms with van der Waals surface area (Å²) in [5.41, 5.74) is 3.71. The first-order valence-corrected chi connectivity index (χ1v) is 8.59. The smallest absolute Gasteiger partial charge is 0.103 e. The first-order chi connectivity index (χ1) is 11.3. The van der Waals surface area contributed by atoms with Gasteiger partial charge in [0.2, 0.25) is 0 Å². The second-order valence-corrected chi connectivity index (χ2v) is 6.47. The Morgan fingerprint density at radius 2 is 1.48 bits per heavy atom. The van der Waals surface area contributed by atoms with Gasteiger partial charge in [-0.05, 0) is 47.5 Å². The lowest BCUT2D eigenvalue weighted by atomic mass is 10.1. The van der Waals surface area contributed by atoms with Gasteiger partial charge in [-0.25, -0.2) is 0 Å². The molecule has 3 aromatic carbocycles. The zero-order valence-electron chi connectivity index (χ0n) is 12.9. The van der Waals surface area contributed by atoms with E-state index in [1.165, 1.54) is 32.7 Å². The van der Waals surface area contributed by atoms with Crippen molar-refractivity contribution in [3.05, 3.63) is 89.8 Å². The van der Waals surface area contributed by atoms with Crippen LogP contribution in [0.1, 0.15) is 5.56 Å². The molecule has 0 aliphatic heterocycles. The van der Waals surface area contributed by atoms with E-state index < -0.39 is 0 Å². The molecule has 0 aliphatic carbocycles. The summed E-state index contributed by atoms with van der Waals surface area (Å²) < 4.78 is 0. The summed E-state index contributed by atoms with van der Waals surface area (Å²) in [6, 6.07) is 27.8. The maximum atomic E-state index is 2.36. The molecule has 1 heterocycles. The minimum atomic E-state index is 1.19. The molecule has 0 bridgehead atoms. The molecule has 0 spiro atoms. The van der Waals surface area contributed by atoms with E-state index in [9.17, 15) is 0 Å². The normalized spacial score (nSPS) is 10.8. The van der Waals surface area contributed by atoms with Crippen molar-refractivity contribution in [2.24, 2.45) is 0 Å². The summed E-state index contributed by atoms with van der Waals surface area (Å²) in [7, 11) is 0. The Bertz CT molecular complexity index is 935. The average molecular weight is 315 g/mol. The maximum Gasteiger partial charge on any atom is 0.103 e. The van der Waals surface area contributed by atoms with Gasteiger partial charge in [0.15, 0.2) is 0 Å². The number of benzene rings is 3. The highest BCUT2D eigenvalue weighted by Crippen LogP contribution is 2.42. The van der Waals surface area contributed by atoms with Crippen LogP contribution in [0.15, 0.2) is 84.2 Å². The van der Waals surface area contributed by atoms with Gasteiger partial charge < -0.3 is 4.90 Å². The highest BCUT2D eigenvalue weighted by atomic mass is 32.1. The molecule has 4 rings (SSSR count). The maximum absolute atomic E-state index is 2.36. The van der Waals surface area contributed by atoms with E-state index in [1.807, 2.05) is 0 Å². The summed E-state index contributed by atoms with van der Waals surface area (Å²) in [6.07, 6.45) is 0. The van der Waals surface area contributed by atoms with Crippen LogP contribution < -0.4 is 4.90 Å². The lowest BCUT2D eigenvalue weighted by Gasteiger charge is -2.26. The minimum absolute atomic E-state index is 1.19. The molecule has 1 aromatic heterocycles. The lowest BCUT2D eigenvalue weighted by molar-refractivity contribution is 1.30. The SMILES string of the molecule is Cc1ccsc1N(c1ccccc1)c1cccc2ccccc12. The zero-order chi connectivity index (χ0) is 15.6. The van der Waals surface area contributed by atoms with Crippen LogP contribution in [-0.4, -0.2) is 0 Å². The average Bonchev–Trinajstić information content (AvgIpc) is 3.02. The van der Waals surface area contributed by atoms with Crippen LogP contribution in [0.5, 0.6) is 0 Å². The quantitative estimate of drug-likeness (QED) is 0.407. The third-order valence-corrected chi connectivity index (χ3v) is 5.06. The van der Waals surface area contributed by atoms with Crippen molar-refractivity contribution in [2.45, 2.75) is 6.92 Å². The van der Waals surface area contributed by atoms with Crippen LogP contribution in [0, 0.1) is 6.92 Å². The molecule has 0 N–H and O–H groups in total. The topological polar surface area (TPSA) is 3.24 Å². The standard InChI is InChI=1S/C21H17NS/c1-16-14-15-23-21(16)22(18-10-3-2-4-11-18)20-13-7-9-17-8-5-6-12-19(17)20/h2-15H,1H3. The minimum Gasteiger partial charge on any atom is -0.301 e. The van der Waals surface area contributed by atoms with Gasteiger partial charge in [0.25, 0.3) is 0 Å². The van der Waals surface area contributed by atoms with Gasteiger partial charge in [-0.15, -0.1) is 11.3 Å². The van der Waals surface area contributed by atoms with Gasteiger partial charge >= 0.3 is 0 Å². The van der Waals surface area contributed by atoms with Crippen molar-refractivity contribution in [1.29, 1.82) is 0 Å². The summed E-state index contributed by atoms with van der Waals surface area (Å²) in [5.74, 6) is 0. The van der Waals surface area contributed by atoms with Crippen molar-refractivity contribution < 1.29 is 0 Å². The number of fused-ring (bicyclic) bond motifs is 1. The second kappa shape index (κ2) is 5.90. The number of anilines is 3. The van der Waals surface area contributed by atoms with Gasteiger partial charge in [-0.1, -0.05) is 54.6 Å². The van der Waals surface area contributed by atoms with E-state index in [0.29, 0.717) is 0 Å². The Labute approximate surface area is 140 Å². The molecule has 0 saturated carbocycles. The third kappa shape index (κ3) is 2.51. The van der Waals surface area contributed by atoms with Gasteiger partial charge in [0.05, 0.1) is 5.69 Å². The van der Waals surface area contributed by atoms with Gasteiger partial charge in [-0.3, -0.25) is 0 Å². The highest BCUT2D eigenvalue weighted by molar-refractivity contribution is 7.14. The summed E-state index contributed by atoms with van der Waals surface area (Å²) in [4.78, 5) is 2.36. The van der Waals surface area contributed by atoms with E-state index in [4.69, 9.17) is 0 Å². The number of hydrogen-bond acceptors (Lipinski definition) is 2. The number of nitrogens with zero attached hydrogens (tertiary/aromatic N) is 1.